The van der Waals surface area contributed by atoms with Gasteiger partial charge in [0.2, 0.25) is 6.29 Å². The first-order valence-corrected chi connectivity index (χ1v) is 2.93. The van der Waals surface area contributed by atoms with Crippen LogP contribution in [0.1, 0.15) is 19.8 Å². The minimum Gasteiger partial charge on any atom is -0.460 e. The molecule has 0 unspecified atom stereocenters. The Bertz CT molecular complexity index is 98.5. The molecule has 0 rings (SSSR count). The highest BCUT2D eigenvalue weighted by Gasteiger charge is 1.95. The van der Waals surface area contributed by atoms with Crippen LogP contribution in [0, 0.1) is 0 Å². The van der Waals surface area contributed by atoms with Gasteiger partial charge in [0.25, 0.3) is 0 Å². The molecular formula is C6H10O3. The van der Waals surface area contributed by atoms with E-state index in [1.165, 1.54) is 0 Å². The highest BCUT2D eigenvalue weighted by Crippen LogP contribution is 1.86. The number of rotatable bonds is 4. The lowest BCUT2D eigenvalue weighted by Crippen LogP contribution is -2.05. The summed E-state index contributed by atoms with van der Waals surface area (Å²) >= 11 is 0. The fourth-order valence-electron chi connectivity index (χ4n) is 0.351. The molecule has 0 amide bonds. The van der Waals surface area contributed by atoms with Gasteiger partial charge in [0, 0.05) is 0 Å². The van der Waals surface area contributed by atoms with E-state index in [-0.39, 0.29) is 6.29 Å². The Morgan fingerprint density at radius 3 is 2.78 bits per heavy atom. The third kappa shape index (κ3) is 5.00. The first-order valence-electron chi connectivity index (χ1n) is 2.93. The van der Waals surface area contributed by atoms with Gasteiger partial charge in [-0.3, -0.25) is 4.79 Å². The summed E-state index contributed by atoms with van der Waals surface area (Å²) in [6.07, 6.45) is 1.96. The molecule has 0 saturated heterocycles. The first kappa shape index (κ1) is 8.14. The van der Waals surface area contributed by atoms with Gasteiger partial charge in [0.1, 0.15) is 0 Å². The molecule has 0 atom stereocenters. The summed E-state index contributed by atoms with van der Waals surface area (Å²) < 4.78 is 4.42. The minimum atomic E-state index is -0.775. The summed E-state index contributed by atoms with van der Waals surface area (Å²) in [6, 6.07) is 0. The van der Waals surface area contributed by atoms with Crippen LogP contribution in [0.5, 0.6) is 0 Å². The lowest BCUT2D eigenvalue weighted by molar-refractivity contribution is -0.148. The Kier molecular flexibility index (Phi) is 4.78. The average molecular weight is 131 g/mol. The van der Waals surface area contributed by atoms with Crippen LogP contribution < -0.4 is 0 Å². The number of carbonyl (C=O) groups is 2. The van der Waals surface area contributed by atoms with Gasteiger partial charge in [-0.15, -0.1) is 0 Å². The molecular weight excluding hydrogens is 121 g/mol. The smallest absolute Gasteiger partial charge is 0.371 e. The summed E-state index contributed by atoms with van der Waals surface area (Å²) in [5.74, 6) is -0.775. The minimum absolute atomic E-state index is 0.176. The van der Waals surface area contributed by atoms with Crippen LogP contribution >= 0.6 is 0 Å². The van der Waals surface area contributed by atoms with Crippen molar-refractivity contribution >= 4 is 12.3 Å². The average Bonchev–Trinajstić information content (AvgIpc) is 1.89. The molecule has 0 radical (unpaired) electrons. The maximum Gasteiger partial charge on any atom is 0.371 e. The van der Waals surface area contributed by atoms with Crippen molar-refractivity contribution in [2.24, 2.45) is 0 Å². The van der Waals surface area contributed by atoms with E-state index in [4.69, 9.17) is 0 Å². The molecule has 52 valence electrons. The molecule has 0 aliphatic carbocycles. The summed E-state index contributed by atoms with van der Waals surface area (Å²) in [4.78, 5) is 19.7. The number of unbranched alkanes of at least 4 members (excludes halogenated alkanes) is 1. The second-order valence-corrected chi connectivity index (χ2v) is 1.64. The Balaban J connectivity index is 3.07. The Labute approximate surface area is 54.0 Å². The van der Waals surface area contributed by atoms with Gasteiger partial charge in [-0.2, -0.15) is 0 Å². The van der Waals surface area contributed by atoms with Crippen LogP contribution in [0.25, 0.3) is 0 Å². The van der Waals surface area contributed by atoms with Gasteiger partial charge in [-0.05, 0) is 6.42 Å². The van der Waals surface area contributed by atoms with Crippen LogP contribution in [-0.4, -0.2) is 18.9 Å². The van der Waals surface area contributed by atoms with Crippen LogP contribution in [0.4, 0.5) is 0 Å². The number of aldehydes is 1. The van der Waals surface area contributed by atoms with E-state index in [1.54, 1.807) is 0 Å². The van der Waals surface area contributed by atoms with Crippen LogP contribution in [-0.2, 0) is 14.3 Å². The van der Waals surface area contributed by atoms with Crippen molar-refractivity contribution < 1.29 is 14.3 Å². The molecule has 0 aliphatic rings. The second kappa shape index (κ2) is 5.28. The predicted octanol–water partition coefficient (Wildman–Crippen LogP) is 0.529. The molecule has 3 nitrogen and oxygen atoms in total. The Hall–Kier alpha value is -0.860. The standard InChI is InChI=1S/C6H10O3/c1-2-3-4-9-6(8)5-7/h5H,2-4H2,1H3/i6+1. The van der Waals surface area contributed by atoms with E-state index in [1.807, 2.05) is 6.92 Å². The molecule has 0 aromatic rings. The number of hydrogen-bond donors (Lipinski definition) is 0. The molecule has 0 aliphatic heterocycles. The molecule has 3 heteroatoms. The Morgan fingerprint density at radius 2 is 2.33 bits per heavy atom. The van der Waals surface area contributed by atoms with E-state index in [9.17, 15) is 9.59 Å². The fraction of sp³-hybridized carbons (Fsp3) is 0.667. The maximum absolute atomic E-state index is 10.1. The van der Waals surface area contributed by atoms with E-state index < -0.39 is 5.97 Å². The van der Waals surface area contributed by atoms with Crippen molar-refractivity contribution in [3.8, 4) is 0 Å². The van der Waals surface area contributed by atoms with E-state index in [2.05, 4.69) is 4.74 Å². The molecule has 0 saturated carbocycles. The number of carbonyl (C=O) groups excluding carboxylic acids is 2. The van der Waals surface area contributed by atoms with Gasteiger partial charge in [-0.25, -0.2) is 4.79 Å². The summed E-state index contributed by atoms with van der Waals surface area (Å²) in [5.41, 5.74) is 0. The zero-order valence-electron chi connectivity index (χ0n) is 5.42. The third-order valence-corrected chi connectivity index (χ3v) is 0.838. The topological polar surface area (TPSA) is 43.4 Å². The van der Waals surface area contributed by atoms with E-state index >= 15 is 0 Å². The SMILES string of the molecule is CCCCO[13C](=O)C=O. The van der Waals surface area contributed by atoms with E-state index in [0.717, 1.165) is 12.8 Å². The lowest BCUT2D eigenvalue weighted by atomic mass is 10.4. The van der Waals surface area contributed by atoms with Gasteiger partial charge < -0.3 is 4.74 Å². The van der Waals surface area contributed by atoms with Crippen LogP contribution in [0.3, 0.4) is 0 Å². The van der Waals surface area contributed by atoms with Gasteiger partial charge in [0.15, 0.2) is 0 Å². The second-order valence-electron chi connectivity index (χ2n) is 1.64. The summed E-state index contributed by atoms with van der Waals surface area (Å²) in [5, 5.41) is 0. The molecule has 0 spiro atoms. The molecule has 0 aromatic carbocycles. The predicted molar refractivity (Wildman–Crippen MR) is 31.9 cm³/mol. The highest BCUT2D eigenvalue weighted by molar-refractivity contribution is 6.20. The fourth-order valence-corrected chi connectivity index (χ4v) is 0.351. The summed E-state index contributed by atoms with van der Waals surface area (Å²) in [7, 11) is 0. The molecule has 9 heavy (non-hydrogen) atoms. The van der Waals surface area contributed by atoms with Crippen LogP contribution in [0.2, 0.25) is 0 Å². The van der Waals surface area contributed by atoms with Crippen molar-refractivity contribution in [2.45, 2.75) is 19.8 Å². The zero-order chi connectivity index (χ0) is 7.11. The van der Waals surface area contributed by atoms with Crippen molar-refractivity contribution in [1.29, 1.82) is 0 Å². The molecule has 0 heterocycles. The molecule has 0 bridgehead atoms. The largest absolute Gasteiger partial charge is 0.460 e. The Morgan fingerprint density at radius 1 is 1.67 bits per heavy atom. The van der Waals surface area contributed by atoms with Crippen LogP contribution in [0.15, 0.2) is 0 Å². The quantitative estimate of drug-likeness (QED) is 0.184. The zero-order valence-corrected chi connectivity index (χ0v) is 5.42. The first-order chi connectivity index (χ1) is 4.31. The molecule has 0 aromatic heterocycles. The van der Waals surface area contributed by atoms with Crippen molar-refractivity contribution in [1.82, 2.24) is 0 Å². The van der Waals surface area contributed by atoms with E-state index in [0.29, 0.717) is 6.61 Å². The highest BCUT2D eigenvalue weighted by atomic mass is 16.6. The van der Waals surface area contributed by atoms with Crippen molar-refractivity contribution in [3.05, 3.63) is 0 Å². The summed E-state index contributed by atoms with van der Waals surface area (Å²) in [6.45, 7) is 2.34. The third-order valence-electron chi connectivity index (χ3n) is 0.838. The monoisotopic (exact) mass is 131 g/mol. The lowest BCUT2D eigenvalue weighted by Gasteiger charge is -1.95. The maximum atomic E-state index is 10.1. The van der Waals surface area contributed by atoms with Gasteiger partial charge in [-0.1, -0.05) is 13.3 Å². The molecule has 0 fully saturated rings. The van der Waals surface area contributed by atoms with Crippen molar-refractivity contribution in [2.75, 3.05) is 6.61 Å². The van der Waals surface area contributed by atoms with Gasteiger partial charge in [0.05, 0.1) is 6.61 Å². The van der Waals surface area contributed by atoms with Gasteiger partial charge >= 0.3 is 5.97 Å². The number of ether oxygens (including phenoxy) is 1. The van der Waals surface area contributed by atoms with Crippen molar-refractivity contribution in [3.63, 3.8) is 0 Å². The number of hydrogen-bond acceptors (Lipinski definition) is 3. The molecule has 0 N–H and O–H groups in total. The normalized spacial score (nSPS) is 8.56. The number of esters is 1.